The number of halogens is 2. The molecule has 2 rings (SSSR count). The lowest BCUT2D eigenvalue weighted by Crippen LogP contribution is -2.24. The van der Waals surface area contributed by atoms with E-state index in [9.17, 15) is 18.4 Å². The molecule has 0 heterocycles. The van der Waals surface area contributed by atoms with Gasteiger partial charge < -0.3 is 16.0 Å². The second-order valence-electron chi connectivity index (χ2n) is 4.40. The van der Waals surface area contributed by atoms with E-state index in [-0.39, 0.29) is 5.56 Å². The molecule has 0 atom stereocenters. The molecule has 7 heteroatoms. The van der Waals surface area contributed by atoms with E-state index in [4.69, 9.17) is 0 Å². The van der Waals surface area contributed by atoms with Gasteiger partial charge in [-0.2, -0.15) is 0 Å². The second-order valence-corrected chi connectivity index (χ2v) is 4.40. The van der Waals surface area contributed by atoms with Gasteiger partial charge in [0, 0.05) is 30.1 Å². The van der Waals surface area contributed by atoms with E-state index in [1.165, 1.54) is 13.1 Å². The first-order chi connectivity index (χ1) is 10.5. The van der Waals surface area contributed by atoms with Gasteiger partial charge in [0.2, 0.25) is 0 Å². The van der Waals surface area contributed by atoms with Crippen molar-refractivity contribution in [1.29, 1.82) is 0 Å². The predicted octanol–water partition coefficient (Wildman–Crippen LogP) is 2.97. The van der Waals surface area contributed by atoms with Gasteiger partial charge in [-0.05, 0) is 30.3 Å². The highest BCUT2D eigenvalue weighted by molar-refractivity contribution is 6.04. The molecule has 0 unspecified atom stereocenters. The molecule has 0 aliphatic heterocycles. The van der Waals surface area contributed by atoms with Gasteiger partial charge in [0.25, 0.3) is 5.91 Å². The Kier molecular flexibility index (Phi) is 4.67. The molecule has 0 spiro atoms. The van der Waals surface area contributed by atoms with E-state index in [1.807, 2.05) is 0 Å². The van der Waals surface area contributed by atoms with Crippen LogP contribution in [0.15, 0.2) is 42.5 Å². The van der Waals surface area contributed by atoms with Crippen molar-refractivity contribution in [2.45, 2.75) is 0 Å². The Labute approximate surface area is 125 Å². The van der Waals surface area contributed by atoms with Crippen molar-refractivity contribution in [2.75, 3.05) is 17.7 Å². The normalized spacial score (nSPS) is 9.95. The number of rotatable bonds is 3. The van der Waals surface area contributed by atoms with Crippen LogP contribution in [0.25, 0.3) is 0 Å². The Balaban J connectivity index is 2.14. The van der Waals surface area contributed by atoms with Crippen LogP contribution in [0.4, 0.5) is 25.0 Å². The summed E-state index contributed by atoms with van der Waals surface area (Å²) >= 11 is 0. The molecule has 5 nitrogen and oxygen atoms in total. The van der Waals surface area contributed by atoms with Crippen molar-refractivity contribution in [3.8, 4) is 0 Å². The lowest BCUT2D eigenvalue weighted by atomic mass is 10.2. The lowest BCUT2D eigenvalue weighted by Gasteiger charge is -2.09. The first kappa shape index (κ1) is 15.4. The van der Waals surface area contributed by atoms with Gasteiger partial charge in [0.05, 0.1) is 0 Å². The number of carbonyl (C=O) groups excluding carboxylic acids is 2. The quantitative estimate of drug-likeness (QED) is 0.816. The van der Waals surface area contributed by atoms with Crippen molar-refractivity contribution in [3.63, 3.8) is 0 Å². The zero-order chi connectivity index (χ0) is 16.1. The average molecular weight is 305 g/mol. The zero-order valence-electron chi connectivity index (χ0n) is 11.6. The summed E-state index contributed by atoms with van der Waals surface area (Å²) in [6.07, 6.45) is 0. The fraction of sp³-hybridized carbons (Fsp3) is 0.0667. The summed E-state index contributed by atoms with van der Waals surface area (Å²) in [5.74, 6) is -2.32. The predicted molar refractivity (Wildman–Crippen MR) is 78.8 cm³/mol. The van der Waals surface area contributed by atoms with Crippen LogP contribution in [0, 0.1) is 11.6 Å². The summed E-state index contributed by atoms with van der Waals surface area (Å²) < 4.78 is 26.2. The van der Waals surface area contributed by atoms with Crippen molar-refractivity contribution >= 4 is 23.3 Å². The third-order valence-corrected chi connectivity index (χ3v) is 2.73. The van der Waals surface area contributed by atoms with Crippen LogP contribution in [-0.2, 0) is 0 Å². The third-order valence-electron chi connectivity index (χ3n) is 2.73. The summed E-state index contributed by atoms with van der Waals surface area (Å²) in [6, 6.07) is 8.50. The van der Waals surface area contributed by atoms with E-state index < -0.39 is 23.6 Å². The number of anilines is 2. The van der Waals surface area contributed by atoms with E-state index in [0.29, 0.717) is 17.4 Å². The second kappa shape index (κ2) is 6.66. The molecule has 0 aliphatic carbocycles. The molecule has 3 amide bonds. The molecule has 22 heavy (non-hydrogen) atoms. The van der Waals surface area contributed by atoms with Crippen LogP contribution in [-0.4, -0.2) is 19.0 Å². The minimum atomic E-state index is -0.833. The molecular formula is C15H13F2N3O2. The van der Waals surface area contributed by atoms with Gasteiger partial charge in [0.15, 0.2) is 0 Å². The Morgan fingerprint density at radius 2 is 1.50 bits per heavy atom. The largest absolute Gasteiger partial charge is 0.341 e. The highest BCUT2D eigenvalue weighted by Gasteiger charge is 2.10. The van der Waals surface area contributed by atoms with Crippen molar-refractivity contribution < 1.29 is 18.4 Å². The molecule has 0 bridgehead atoms. The third kappa shape index (κ3) is 4.02. The van der Waals surface area contributed by atoms with E-state index >= 15 is 0 Å². The van der Waals surface area contributed by atoms with Crippen molar-refractivity contribution in [2.24, 2.45) is 0 Å². The molecule has 0 aliphatic rings. The monoisotopic (exact) mass is 305 g/mol. The molecule has 0 saturated heterocycles. The van der Waals surface area contributed by atoms with Crippen LogP contribution in [0.1, 0.15) is 10.4 Å². The Bertz CT molecular complexity index is 699. The van der Waals surface area contributed by atoms with E-state index in [2.05, 4.69) is 16.0 Å². The number of benzene rings is 2. The SMILES string of the molecule is CNC(=O)Nc1cccc(NC(=O)c2cc(F)cc(F)c2)c1. The molecule has 2 aromatic rings. The summed E-state index contributed by atoms with van der Waals surface area (Å²) in [4.78, 5) is 23.2. The summed E-state index contributed by atoms with van der Waals surface area (Å²) in [5, 5.41) is 7.43. The van der Waals surface area contributed by atoms with Crippen LogP contribution < -0.4 is 16.0 Å². The number of amides is 3. The smallest absolute Gasteiger partial charge is 0.318 e. The maximum atomic E-state index is 13.1. The minimum absolute atomic E-state index is 0.137. The van der Waals surface area contributed by atoms with Gasteiger partial charge in [-0.25, -0.2) is 13.6 Å². The summed E-state index contributed by atoms with van der Waals surface area (Å²) in [7, 11) is 1.47. The minimum Gasteiger partial charge on any atom is -0.341 e. The zero-order valence-corrected chi connectivity index (χ0v) is 11.6. The molecule has 114 valence electrons. The number of hydrogen-bond donors (Lipinski definition) is 3. The first-order valence-corrected chi connectivity index (χ1v) is 6.34. The first-order valence-electron chi connectivity index (χ1n) is 6.34. The molecule has 0 aromatic heterocycles. The molecular weight excluding hydrogens is 292 g/mol. The highest BCUT2D eigenvalue weighted by atomic mass is 19.1. The van der Waals surface area contributed by atoms with Gasteiger partial charge in [-0.1, -0.05) is 6.07 Å². The average Bonchev–Trinajstić information content (AvgIpc) is 2.46. The molecule has 0 radical (unpaired) electrons. The molecule has 3 N–H and O–H groups in total. The summed E-state index contributed by atoms with van der Waals surface area (Å²) in [6.45, 7) is 0. The topological polar surface area (TPSA) is 70.2 Å². The molecule has 0 saturated carbocycles. The van der Waals surface area contributed by atoms with Gasteiger partial charge in [-0.3, -0.25) is 4.79 Å². The fourth-order valence-electron chi connectivity index (χ4n) is 1.76. The van der Waals surface area contributed by atoms with Gasteiger partial charge in [0.1, 0.15) is 11.6 Å². The van der Waals surface area contributed by atoms with Crippen molar-refractivity contribution in [1.82, 2.24) is 5.32 Å². The van der Waals surface area contributed by atoms with E-state index in [0.717, 1.165) is 12.1 Å². The Morgan fingerprint density at radius 3 is 2.09 bits per heavy atom. The number of hydrogen-bond acceptors (Lipinski definition) is 2. The summed E-state index contributed by atoms with van der Waals surface area (Å²) in [5.41, 5.74) is 0.702. The van der Waals surface area contributed by atoms with Crippen LogP contribution in [0.5, 0.6) is 0 Å². The molecule has 2 aromatic carbocycles. The number of carbonyl (C=O) groups is 2. The fourth-order valence-corrected chi connectivity index (χ4v) is 1.76. The van der Waals surface area contributed by atoms with E-state index in [1.54, 1.807) is 18.2 Å². The van der Waals surface area contributed by atoms with Gasteiger partial charge >= 0.3 is 6.03 Å². The van der Waals surface area contributed by atoms with Crippen molar-refractivity contribution in [3.05, 3.63) is 59.7 Å². The standard InChI is InChI=1S/C15H13F2N3O2/c1-18-15(22)20-13-4-2-3-12(8-13)19-14(21)9-5-10(16)7-11(17)6-9/h2-8H,1H3,(H,19,21)(H2,18,20,22). The number of nitrogens with one attached hydrogen (secondary N) is 3. The maximum Gasteiger partial charge on any atom is 0.318 e. The Hall–Kier alpha value is -2.96. The molecule has 0 fully saturated rings. The number of urea groups is 1. The maximum absolute atomic E-state index is 13.1. The highest BCUT2D eigenvalue weighted by Crippen LogP contribution is 2.17. The van der Waals surface area contributed by atoms with Crippen LogP contribution in [0.2, 0.25) is 0 Å². The lowest BCUT2D eigenvalue weighted by molar-refractivity contribution is 0.102. The van der Waals surface area contributed by atoms with Crippen LogP contribution in [0.3, 0.4) is 0 Å². The van der Waals surface area contributed by atoms with Gasteiger partial charge in [-0.15, -0.1) is 0 Å². The Morgan fingerprint density at radius 1 is 0.909 bits per heavy atom. The van der Waals surface area contributed by atoms with Crippen LogP contribution >= 0.6 is 0 Å².